The fraction of sp³-hybridized carbons (Fsp3) is 0.600. The molecule has 1 aliphatic rings. The second-order valence-corrected chi connectivity index (χ2v) is 5.89. The van der Waals surface area contributed by atoms with Crippen LogP contribution in [0.4, 0.5) is 0 Å². The smallest absolute Gasteiger partial charge is 0.274 e. The average Bonchev–Trinajstić information content (AvgIpc) is 2.72. The summed E-state index contributed by atoms with van der Waals surface area (Å²) in [6, 6.07) is 2.69. The third-order valence-corrected chi connectivity index (χ3v) is 4.47. The van der Waals surface area contributed by atoms with E-state index in [2.05, 4.69) is 4.72 Å². The van der Waals surface area contributed by atoms with Gasteiger partial charge in [0, 0.05) is 0 Å². The van der Waals surface area contributed by atoms with E-state index < -0.39 is 15.6 Å². The maximum absolute atomic E-state index is 11.9. The van der Waals surface area contributed by atoms with Gasteiger partial charge in [0.1, 0.15) is 12.4 Å². The highest BCUT2D eigenvalue weighted by molar-refractivity contribution is 7.89. The van der Waals surface area contributed by atoms with Crippen molar-refractivity contribution >= 4 is 10.0 Å². The van der Waals surface area contributed by atoms with E-state index in [1.807, 2.05) is 0 Å². The Morgan fingerprint density at radius 3 is 2.47 bits per heavy atom. The fourth-order valence-electron chi connectivity index (χ4n) is 1.82. The number of furan rings is 1. The lowest BCUT2D eigenvalue weighted by molar-refractivity contribution is 0.110. The summed E-state index contributed by atoms with van der Waals surface area (Å²) in [5, 5.41) is 17.8. The fourth-order valence-corrected chi connectivity index (χ4v) is 3.22. The van der Waals surface area contributed by atoms with Crippen LogP contribution in [0.2, 0.25) is 0 Å². The predicted molar refractivity (Wildman–Crippen MR) is 58.6 cm³/mol. The molecule has 17 heavy (non-hydrogen) atoms. The molecule has 0 aliphatic heterocycles. The van der Waals surface area contributed by atoms with Crippen molar-refractivity contribution in [3.63, 3.8) is 0 Å². The lowest BCUT2D eigenvalue weighted by atomic mass is 9.78. The molecule has 3 N–H and O–H groups in total. The number of aliphatic hydroxyl groups is 2. The molecule has 0 bridgehead atoms. The molecule has 96 valence electrons. The Kier molecular flexibility index (Phi) is 3.26. The molecule has 1 heterocycles. The Balaban J connectivity index is 2.18. The molecule has 0 aromatic carbocycles. The molecule has 0 unspecified atom stereocenters. The summed E-state index contributed by atoms with van der Waals surface area (Å²) in [7, 11) is -3.77. The molecular weight excluding hydrogens is 246 g/mol. The lowest BCUT2D eigenvalue weighted by Crippen LogP contribution is -2.55. The molecule has 7 heteroatoms. The van der Waals surface area contributed by atoms with Crippen LogP contribution < -0.4 is 4.72 Å². The second-order valence-electron chi connectivity index (χ2n) is 4.28. The van der Waals surface area contributed by atoms with Crippen molar-refractivity contribution in [2.45, 2.75) is 36.5 Å². The van der Waals surface area contributed by atoms with Gasteiger partial charge < -0.3 is 14.6 Å². The number of hydrogen-bond acceptors (Lipinski definition) is 5. The summed E-state index contributed by atoms with van der Waals surface area (Å²) in [4.78, 5) is 0. The minimum Gasteiger partial charge on any atom is -0.446 e. The zero-order valence-corrected chi connectivity index (χ0v) is 10.0. The van der Waals surface area contributed by atoms with E-state index in [0.29, 0.717) is 12.8 Å². The molecule has 0 spiro atoms. The van der Waals surface area contributed by atoms with Gasteiger partial charge in [-0.15, -0.1) is 0 Å². The van der Waals surface area contributed by atoms with Crippen molar-refractivity contribution < 1.29 is 23.0 Å². The summed E-state index contributed by atoms with van der Waals surface area (Å²) in [5.74, 6) is 0.192. The van der Waals surface area contributed by atoms with Crippen LogP contribution in [0.1, 0.15) is 25.0 Å². The van der Waals surface area contributed by atoms with E-state index >= 15 is 0 Å². The van der Waals surface area contributed by atoms with Crippen LogP contribution in [0.25, 0.3) is 0 Å². The van der Waals surface area contributed by atoms with E-state index in [4.69, 9.17) is 9.52 Å². The second kappa shape index (κ2) is 4.41. The highest BCUT2D eigenvalue weighted by Crippen LogP contribution is 2.33. The largest absolute Gasteiger partial charge is 0.446 e. The van der Waals surface area contributed by atoms with Gasteiger partial charge in [-0.1, -0.05) is 0 Å². The van der Waals surface area contributed by atoms with Crippen LogP contribution in [0, 0.1) is 0 Å². The summed E-state index contributed by atoms with van der Waals surface area (Å²) < 4.78 is 31.3. The summed E-state index contributed by atoms with van der Waals surface area (Å²) >= 11 is 0. The Bertz CT molecular complexity index is 483. The molecule has 1 saturated carbocycles. The van der Waals surface area contributed by atoms with Gasteiger partial charge in [0.15, 0.2) is 0 Å². The van der Waals surface area contributed by atoms with Crippen LogP contribution in [0.15, 0.2) is 21.6 Å². The van der Waals surface area contributed by atoms with Crippen molar-refractivity contribution in [3.05, 3.63) is 17.9 Å². The van der Waals surface area contributed by atoms with Crippen molar-refractivity contribution in [1.29, 1.82) is 0 Å². The standard InChI is InChI=1S/C10H15NO5S/c12-6-8-2-3-9(16-8)17(14,15)11-10(7-13)4-1-5-10/h2-3,11-13H,1,4-7H2. The van der Waals surface area contributed by atoms with Crippen LogP contribution in [0.5, 0.6) is 0 Å². The summed E-state index contributed by atoms with van der Waals surface area (Å²) in [6.45, 7) is -0.569. The molecule has 1 fully saturated rings. The van der Waals surface area contributed by atoms with E-state index in [9.17, 15) is 13.5 Å². The van der Waals surface area contributed by atoms with Gasteiger partial charge in [-0.25, -0.2) is 13.1 Å². The third-order valence-electron chi connectivity index (χ3n) is 3.02. The van der Waals surface area contributed by atoms with Crippen LogP contribution in [0.3, 0.4) is 0 Å². The van der Waals surface area contributed by atoms with Crippen molar-refractivity contribution in [2.75, 3.05) is 6.61 Å². The Labute approximate surface area is 99.3 Å². The zero-order valence-electron chi connectivity index (χ0n) is 9.22. The highest BCUT2D eigenvalue weighted by atomic mass is 32.2. The Hall–Kier alpha value is -0.890. The SMILES string of the molecule is O=S(=O)(NC1(CO)CCC1)c1ccc(CO)o1. The molecule has 2 rings (SSSR count). The van der Waals surface area contributed by atoms with Crippen LogP contribution in [-0.2, 0) is 16.6 Å². The normalized spacial score (nSPS) is 18.9. The predicted octanol–water partition coefficient (Wildman–Crippen LogP) is -0.0348. The number of aliphatic hydroxyl groups excluding tert-OH is 2. The highest BCUT2D eigenvalue weighted by Gasteiger charge is 2.41. The Morgan fingerprint density at radius 2 is 2.06 bits per heavy atom. The van der Waals surface area contributed by atoms with E-state index in [1.54, 1.807) is 0 Å². The van der Waals surface area contributed by atoms with E-state index in [-0.39, 0.29) is 24.1 Å². The van der Waals surface area contributed by atoms with Crippen LogP contribution in [-0.4, -0.2) is 30.8 Å². The zero-order chi connectivity index (χ0) is 12.5. The minimum absolute atomic E-state index is 0.192. The molecule has 0 atom stereocenters. The number of nitrogens with one attached hydrogen (secondary N) is 1. The van der Waals surface area contributed by atoms with Crippen LogP contribution >= 0.6 is 0 Å². The summed E-state index contributed by atoms with van der Waals surface area (Å²) in [6.07, 6.45) is 2.13. The summed E-state index contributed by atoms with van der Waals surface area (Å²) in [5.41, 5.74) is -0.745. The number of rotatable bonds is 5. The van der Waals surface area contributed by atoms with Gasteiger partial charge in [-0.2, -0.15) is 0 Å². The topological polar surface area (TPSA) is 99.8 Å². The third kappa shape index (κ3) is 2.37. The number of hydrogen-bond donors (Lipinski definition) is 3. The monoisotopic (exact) mass is 261 g/mol. The van der Waals surface area contributed by atoms with Crippen molar-refractivity contribution in [1.82, 2.24) is 4.72 Å². The molecule has 1 aliphatic carbocycles. The first-order valence-corrected chi connectivity index (χ1v) is 6.84. The van der Waals surface area contributed by atoms with Gasteiger partial charge in [-0.3, -0.25) is 0 Å². The number of sulfonamides is 1. The molecular formula is C10H15NO5S. The quantitative estimate of drug-likeness (QED) is 0.691. The first kappa shape index (κ1) is 12.6. The van der Waals surface area contributed by atoms with Crippen molar-refractivity contribution in [2.24, 2.45) is 0 Å². The molecule has 0 amide bonds. The van der Waals surface area contributed by atoms with Gasteiger partial charge in [0.2, 0.25) is 5.09 Å². The first-order valence-electron chi connectivity index (χ1n) is 5.36. The maximum Gasteiger partial charge on any atom is 0.274 e. The van der Waals surface area contributed by atoms with Gasteiger partial charge in [0.25, 0.3) is 10.0 Å². The first-order chi connectivity index (χ1) is 8.01. The molecule has 6 nitrogen and oxygen atoms in total. The molecule has 0 radical (unpaired) electrons. The maximum atomic E-state index is 11.9. The molecule has 1 aromatic rings. The lowest BCUT2D eigenvalue weighted by Gasteiger charge is -2.40. The molecule has 1 aromatic heterocycles. The van der Waals surface area contributed by atoms with Gasteiger partial charge >= 0.3 is 0 Å². The van der Waals surface area contributed by atoms with E-state index in [1.165, 1.54) is 12.1 Å². The average molecular weight is 261 g/mol. The van der Waals surface area contributed by atoms with Gasteiger partial charge in [-0.05, 0) is 31.4 Å². The van der Waals surface area contributed by atoms with Crippen molar-refractivity contribution in [3.8, 4) is 0 Å². The molecule has 0 saturated heterocycles. The van der Waals surface area contributed by atoms with Gasteiger partial charge in [0.05, 0.1) is 12.1 Å². The Morgan fingerprint density at radius 1 is 1.35 bits per heavy atom. The minimum atomic E-state index is -3.77. The van der Waals surface area contributed by atoms with E-state index in [0.717, 1.165) is 6.42 Å².